The molecule has 0 bridgehead atoms. The fraction of sp³-hybridized carbons (Fsp3) is 0.605. The number of anilines is 1. The number of hydrogen-bond donors (Lipinski definition) is 5. The number of aryl methyl sites for hydroxylation is 2. The average Bonchev–Trinajstić information content (AvgIpc) is 3.69. The van der Waals surface area contributed by atoms with E-state index in [2.05, 4.69) is 36.9 Å². The van der Waals surface area contributed by atoms with Crippen LogP contribution >= 0.6 is 11.3 Å². The number of likely N-dealkylation sites (tertiary alicyclic amines) is 1. The molecule has 2 fully saturated rings. The van der Waals surface area contributed by atoms with Gasteiger partial charge in [-0.3, -0.25) is 11.3 Å². The highest BCUT2D eigenvalue weighted by atomic mass is 32.1. The number of aromatic nitrogens is 2. The molecule has 1 aliphatic heterocycles. The third-order valence-electron chi connectivity index (χ3n) is 11.0. The highest BCUT2D eigenvalue weighted by molar-refractivity contribution is 7.16. The lowest BCUT2D eigenvalue weighted by Gasteiger charge is -2.32. The first kappa shape index (κ1) is 37.8. The molecule has 11 nitrogen and oxygen atoms in total. The van der Waals surface area contributed by atoms with Crippen LogP contribution in [0.4, 0.5) is 10.8 Å². The summed E-state index contributed by atoms with van der Waals surface area (Å²) < 4.78 is 0. The molecule has 5 rings (SSSR count). The van der Waals surface area contributed by atoms with Gasteiger partial charge < -0.3 is 22.1 Å². The van der Waals surface area contributed by atoms with Gasteiger partial charge in [0.25, 0.3) is 0 Å². The zero-order chi connectivity index (χ0) is 35.8. The smallest absolute Gasteiger partial charge is 0.180 e. The third-order valence-corrected chi connectivity index (χ3v) is 12.0. The summed E-state index contributed by atoms with van der Waals surface area (Å²) in [6.07, 6.45) is 17.9. The molecule has 0 aromatic carbocycles. The molecule has 1 saturated carbocycles. The van der Waals surface area contributed by atoms with Gasteiger partial charge in [-0.05, 0) is 102 Å². The van der Waals surface area contributed by atoms with Gasteiger partial charge >= 0.3 is 0 Å². The number of allylic oxidation sites excluding steroid dienone is 3. The predicted molar refractivity (Wildman–Crippen MR) is 206 cm³/mol. The van der Waals surface area contributed by atoms with Crippen molar-refractivity contribution in [2.45, 2.75) is 128 Å². The number of nitrogens with one attached hydrogen (secondary N) is 1. The molecule has 3 atom stereocenters. The quantitative estimate of drug-likeness (QED) is 0.0892. The molecule has 3 heterocycles. The van der Waals surface area contributed by atoms with Crippen LogP contribution in [0.3, 0.4) is 0 Å². The minimum Gasteiger partial charge on any atom is -0.401 e. The van der Waals surface area contributed by atoms with Crippen molar-refractivity contribution in [3.05, 3.63) is 56.5 Å². The maximum atomic E-state index is 9.98. The summed E-state index contributed by atoms with van der Waals surface area (Å²) in [7, 11) is 2.19. The van der Waals surface area contributed by atoms with Gasteiger partial charge in [-0.25, -0.2) is 20.0 Å². The molecule has 2 aliphatic carbocycles. The van der Waals surface area contributed by atoms with Gasteiger partial charge in [0, 0.05) is 53.1 Å². The number of rotatable bonds is 14. The fourth-order valence-electron chi connectivity index (χ4n) is 8.00. The zero-order valence-corrected chi connectivity index (χ0v) is 31.1. The molecule has 0 radical (unpaired) electrons. The summed E-state index contributed by atoms with van der Waals surface area (Å²) in [5.74, 6) is 7.28. The van der Waals surface area contributed by atoms with Gasteiger partial charge in [-0.15, -0.1) is 11.3 Å². The van der Waals surface area contributed by atoms with E-state index in [0.29, 0.717) is 58.7 Å². The lowest BCUT2D eigenvalue weighted by Crippen LogP contribution is -2.49. The lowest BCUT2D eigenvalue weighted by molar-refractivity contribution is 0.153. The maximum absolute atomic E-state index is 9.98. The number of fused-ring (bicyclic) bond motifs is 1. The molecule has 2 aromatic heterocycles. The van der Waals surface area contributed by atoms with E-state index in [1.165, 1.54) is 48.3 Å². The third kappa shape index (κ3) is 9.06. The fourth-order valence-corrected chi connectivity index (χ4v) is 9.13. The second-order valence-corrected chi connectivity index (χ2v) is 15.6. The van der Waals surface area contributed by atoms with Crippen LogP contribution in [-0.2, 0) is 12.8 Å². The van der Waals surface area contributed by atoms with E-state index in [-0.39, 0.29) is 5.92 Å². The SMILES string of the molecule is CCC/C(C(=N)c1nc(CC[C@@H]2CCCN2C)cc(N=CC=C(N)C(N)CN(N)C2CCCCC2)n1)=C(/C)[C@H]1CCCc2sc(N)c(C#N)c21. The topological polar surface area (TPSA) is 196 Å². The number of nitrogens with two attached hydrogens (primary N) is 4. The van der Waals surface area contributed by atoms with Crippen LogP contribution in [0.2, 0.25) is 0 Å². The summed E-state index contributed by atoms with van der Waals surface area (Å²) in [4.78, 5) is 18.1. The Morgan fingerprint density at radius 3 is 2.68 bits per heavy atom. The van der Waals surface area contributed by atoms with Crippen LogP contribution in [0, 0.1) is 16.7 Å². The molecule has 12 heteroatoms. The Balaban J connectivity index is 1.42. The monoisotopic (exact) mass is 699 g/mol. The van der Waals surface area contributed by atoms with Crippen LogP contribution in [0.1, 0.15) is 124 Å². The van der Waals surface area contributed by atoms with Crippen molar-refractivity contribution < 1.29 is 0 Å². The Kier molecular flexibility index (Phi) is 13.3. The normalized spacial score (nSPS) is 21.7. The maximum Gasteiger partial charge on any atom is 0.180 e. The van der Waals surface area contributed by atoms with Crippen molar-refractivity contribution >= 4 is 34.1 Å². The largest absolute Gasteiger partial charge is 0.401 e. The van der Waals surface area contributed by atoms with Gasteiger partial charge in [0.1, 0.15) is 16.8 Å². The molecule has 9 N–H and O–H groups in total. The molecule has 0 amide bonds. The van der Waals surface area contributed by atoms with E-state index in [1.54, 1.807) is 12.3 Å². The standard InChI is InChI=1S/C38H57N11S/c1-4-10-29(24(2)28-14-8-15-33-35(28)30(22-39)37(43)50-33)36(42)38-46-25(16-17-26-13-9-20-48(26)3)21-34(47-38)45-19-18-31(40)32(41)23-49(44)27-11-6-5-7-12-27/h18-19,21,26-28,32,42H,4-17,20,23,40-41,43-44H2,1-3H3/b29-24+,31-18?,42-36?,45-19?/t26-,28+,32?/m0/s1. The van der Waals surface area contributed by atoms with Crippen LogP contribution in [0.5, 0.6) is 0 Å². The van der Waals surface area contributed by atoms with Crippen molar-refractivity contribution in [1.29, 1.82) is 10.7 Å². The number of hydrogen-bond acceptors (Lipinski definition) is 12. The number of aliphatic imine (C=N–C) groups is 1. The van der Waals surface area contributed by atoms with E-state index >= 15 is 0 Å². The second kappa shape index (κ2) is 17.6. The summed E-state index contributed by atoms with van der Waals surface area (Å²) in [6, 6.07) is 4.75. The molecular formula is C38H57N11S. The second-order valence-electron chi connectivity index (χ2n) is 14.4. The van der Waals surface area contributed by atoms with Crippen molar-refractivity contribution in [3.63, 3.8) is 0 Å². The van der Waals surface area contributed by atoms with Gasteiger partial charge in [0.05, 0.1) is 11.6 Å². The van der Waals surface area contributed by atoms with Crippen LogP contribution < -0.4 is 23.0 Å². The molecule has 50 heavy (non-hydrogen) atoms. The van der Waals surface area contributed by atoms with Crippen LogP contribution in [0.25, 0.3) is 0 Å². The van der Waals surface area contributed by atoms with Gasteiger partial charge in [-0.2, -0.15) is 5.26 Å². The molecule has 1 saturated heterocycles. The minimum absolute atomic E-state index is 0.0438. The van der Waals surface area contributed by atoms with Gasteiger partial charge in [0.15, 0.2) is 11.6 Å². The number of nitrogens with zero attached hydrogens (tertiary/aromatic N) is 6. The minimum atomic E-state index is -0.411. The summed E-state index contributed by atoms with van der Waals surface area (Å²) >= 11 is 1.54. The Hall–Kier alpha value is -3.47. The number of nitrogen functional groups attached to an aromatic ring is 1. The summed E-state index contributed by atoms with van der Waals surface area (Å²) in [5, 5.41) is 21.9. The Morgan fingerprint density at radius 2 is 1.98 bits per heavy atom. The zero-order valence-electron chi connectivity index (χ0n) is 30.3. The average molecular weight is 700 g/mol. The lowest BCUT2D eigenvalue weighted by atomic mass is 9.78. The molecule has 3 aliphatic rings. The Morgan fingerprint density at radius 1 is 1.20 bits per heavy atom. The van der Waals surface area contributed by atoms with Gasteiger partial charge in [-0.1, -0.05) is 38.2 Å². The van der Waals surface area contributed by atoms with Crippen LogP contribution in [0.15, 0.2) is 34.0 Å². The van der Waals surface area contributed by atoms with E-state index in [4.69, 9.17) is 33.0 Å². The van der Waals surface area contributed by atoms with E-state index in [0.717, 1.165) is 80.3 Å². The molecule has 270 valence electrons. The van der Waals surface area contributed by atoms with Crippen molar-refractivity contribution in [1.82, 2.24) is 19.9 Å². The highest BCUT2D eigenvalue weighted by Crippen LogP contribution is 2.46. The van der Waals surface area contributed by atoms with Gasteiger partial charge in [0.2, 0.25) is 0 Å². The molecule has 1 unspecified atom stereocenters. The number of hydrazine groups is 1. The van der Waals surface area contributed by atoms with Crippen molar-refractivity contribution in [2.75, 3.05) is 25.9 Å². The van der Waals surface area contributed by atoms with Crippen molar-refractivity contribution in [3.8, 4) is 6.07 Å². The van der Waals surface area contributed by atoms with E-state index < -0.39 is 6.04 Å². The van der Waals surface area contributed by atoms with E-state index in [9.17, 15) is 10.7 Å². The first-order chi connectivity index (χ1) is 24.1. The van der Waals surface area contributed by atoms with Crippen molar-refractivity contribution in [2.24, 2.45) is 22.3 Å². The van der Waals surface area contributed by atoms with E-state index in [1.807, 2.05) is 11.1 Å². The molecule has 0 spiro atoms. The highest BCUT2D eigenvalue weighted by Gasteiger charge is 2.31. The molecule has 2 aromatic rings. The number of nitriles is 1. The summed E-state index contributed by atoms with van der Waals surface area (Å²) in [6.45, 7) is 5.84. The Bertz CT molecular complexity index is 1630. The molecular weight excluding hydrogens is 643 g/mol. The Labute approximate surface area is 302 Å². The number of thiophene rings is 1. The van der Waals surface area contributed by atoms with Crippen LogP contribution in [-0.4, -0.2) is 70.1 Å². The first-order valence-corrected chi connectivity index (χ1v) is 19.4. The first-order valence-electron chi connectivity index (χ1n) is 18.6. The summed E-state index contributed by atoms with van der Waals surface area (Å²) in [5.41, 5.74) is 24.5. The predicted octanol–water partition coefficient (Wildman–Crippen LogP) is 6.00.